The van der Waals surface area contributed by atoms with Gasteiger partial charge < -0.3 is 8.33 Å². The molecule has 0 bridgehead atoms. The van der Waals surface area contributed by atoms with Crippen LogP contribution >= 0.6 is 7.91 Å². The molecule has 0 aliphatic rings. The Morgan fingerprint density at radius 1 is 1.33 bits per heavy atom. The summed E-state index contributed by atoms with van der Waals surface area (Å²) in [6.45, 7) is 0. The van der Waals surface area contributed by atoms with Gasteiger partial charge in [-0.15, -0.1) is 4.20 Å². The van der Waals surface area contributed by atoms with Gasteiger partial charge in [0.05, 0.1) is 0 Å². The van der Waals surface area contributed by atoms with Crippen LogP contribution in [-0.2, 0) is 23.1 Å². The van der Waals surface area contributed by atoms with Crippen LogP contribution in [0, 0.1) is 0 Å². The second kappa shape index (κ2) is 13.2. The summed E-state index contributed by atoms with van der Waals surface area (Å²) >= 11 is 0. The van der Waals surface area contributed by atoms with E-state index >= 15 is 0 Å². The zero-order valence-corrected chi connectivity index (χ0v) is 11.4. The van der Waals surface area contributed by atoms with Crippen molar-refractivity contribution in [3.8, 4) is 0 Å². The van der Waals surface area contributed by atoms with Gasteiger partial charge in [0.15, 0.2) is 0 Å². The molecule has 0 atom stereocenters. The molecule has 0 saturated heterocycles. The van der Waals surface area contributed by atoms with E-state index < -0.39 is 7.91 Å². The van der Waals surface area contributed by atoms with Gasteiger partial charge in [0.1, 0.15) is 0 Å². The predicted molar refractivity (Wildman–Crippen MR) is 19.0 cm³/mol. The van der Waals surface area contributed by atoms with Gasteiger partial charge >= 0.3 is 67.0 Å². The first kappa shape index (κ1) is 29.9. The smallest absolute Gasteiger partial charge is 1.00 e. The van der Waals surface area contributed by atoms with Crippen molar-refractivity contribution in [3.05, 3.63) is 0 Å². The van der Waals surface area contributed by atoms with Crippen molar-refractivity contribution in [2.75, 3.05) is 0 Å². The molecule has 0 saturated carbocycles. The largest absolute Gasteiger partial charge is 1.00 e. The Morgan fingerprint density at radius 2 is 1.33 bits per heavy atom. The van der Waals surface area contributed by atoms with E-state index in [1.165, 1.54) is 0 Å². The van der Waals surface area contributed by atoms with Gasteiger partial charge in [0.25, 0.3) is 0 Å². The van der Waals surface area contributed by atoms with Crippen molar-refractivity contribution in [3.63, 3.8) is 0 Å². The van der Waals surface area contributed by atoms with Crippen LogP contribution in [-0.4, -0.2) is 15.3 Å². The topological polar surface area (TPSA) is 89.0 Å². The molecule has 4 N–H and O–H groups in total. The molecule has 0 fully saturated rings. The van der Waals surface area contributed by atoms with Crippen LogP contribution in [0.25, 0.3) is 0 Å². The molecule has 0 aliphatic heterocycles. The number of rotatable bonds is 0. The average molecular weight is 217 g/mol. The van der Waals surface area contributed by atoms with Crippen LogP contribution in [0.4, 0.5) is 4.20 Å². The van der Waals surface area contributed by atoms with Crippen molar-refractivity contribution in [2.24, 2.45) is 0 Å². The van der Waals surface area contributed by atoms with Gasteiger partial charge in [-0.1, -0.05) is 0 Å². The minimum Gasteiger partial charge on any atom is -1.00 e. The summed E-state index contributed by atoms with van der Waals surface area (Å²) in [5.74, 6) is 0. The third kappa shape index (κ3) is 115. The third-order valence-electron chi connectivity index (χ3n) is 0. The fraction of sp³-hybridized carbons (Fsp3) is 0. The summed E-state index contributed by atoms with van der Waals surface area (Å²) in [7, 11) is -5.14. The van der Waals surface area contributed by atoms with E-state index in [4.69, 9.17) is 14.4 Å². The first-order valence-corrected chi connectivity index (χ1v) is 2.25. The van der Waals surface area contributed by atoms with Gasteiger partial charge in [-0.25, -0.2) is 4.57 Å². The van der Waals surface area contributed by atoms with E-state index in [9.17, 15) is 4.20 Å². The summed E-state index contributed by atoms with van der Waals surface area (Å²) < 4.78 is 19.0. The van der Waals surface area contributed by atoms with Crippen LogP contribution in [0.5, 0.6) is 0 Å². The monoisotopic (exact) mass is 217 g/mol. The van der Waals surface area contributed by atoms with E-state index in [-0.39, 0.29) is 86.0 Å². The Hall–Kier alpha value is 2.62. The van der Waals surface area contributed by atoms with Crippen molar-refractivity contribution in [1.82, 2.24) is 0 Å². The molecule has 0 aliphatic carbocycles. The quantitative estimate of drug-likeness (QED) is 0.312. The maximum Gasteiger partial charge on any atom is 1.00 e. The Kier molecular flexibility index (Phi) is 44.0. The van der Waals surface area contributed by atoms with E-state index in [0.717, 1.165) is 0 Å². The molecule has 0 amide bonds. The average Bonchev–Trinajstić information content (AvgIpc) is 0.722. The van der Waals surface area contributed by atoms with Crippen LogP contribution < -0.4 is 59.1 Å². The molecule has 0 aromatic carbocycles. The molecule has 0 unspecified atom stereocenters. The number of hydrogen-bond donors (Lipinski definition) is 2. The Labute approximate surface area is 111 Å². The summed E-state index contributed by atoms with van der Waals surface area (Å²) in [4.78, 5) is 13.9. The van der Waals surface area contributed by atoms with Crippen molar-refractivity contribution < 1.29 is 105 Å². The fourth-order valence-electron chi connectivity index (χ4n) is 0. The predicted octanol–water partition coefficient (Wildman–Crippen LogP) is -6.55. The van der Waals surface area contributed by atoms with E-state index in [2.05, 4.69) is 0 Å². The number of halogens is 1. The summed E-state index contributed by atoms with van der Waals surface area (Å²) in [6, 6.07) is 0. The van der Waals surface area contributed by atoms with E-state index in [0.29, 0.717) is 0 Å². The number of hydrogen-bond acceptors (Lipinski definition) is 1. The van der Waals surface area contributed by atoms with Gasteiger partial charge in [0.2, 0.25) is 0 Å². The van der Waals surface area contributed by atoms with Crippen molar-refractivity contribution in [2.45, 2.75) is 0 Å². The SMILES string of the molecule is O.O=P(O)(O)F.[H-].[H-].[Na+].[Na+].[V]. The molecule has 0 heterocycles. The van der Waals surface area contributed by atoms with E-state index in [1.54, 1.807) is 0 Å². The zero-order chi connectivity index (χ0) is 4.50. The van der Waals surface area contributed by atoms with Gasteiger partial charge in [-0.2, -0.15) is 0 Å². The summed E-state index contributed by atoms with van der Waals surface area (Å²) in [5.41, 5.74) is 0. The Balaban J connectivity index is -0.00000000533. The molecule has 4 nitrogen and oxygen atoms in total. The molecular weight excluding hydrogens is 211 g/mol. The van der Waals surface area contributed by atoms with Gasteiger partial charge in [0, 0.05) is 18.6 Å². The molecule has 9 heteroatoms. The van der Waals surface area contributed by atoms with Crippen LogP contribution in [0.3, 0.4) is 0 Å². The molecule has 0 aromatic heterocycles. The maximum absolute atomic E-state index is 10.4. The second-order valence-corrected chi connectivity index (χ2v) is 1.42. The van der Waals surface area contributed by atoms with Crippen LogP contribution in [0.15, 0.2) is 0 Å². The Bertz CT molecular complexity index is 72.2. The zero-order valence-electron chi connectivity index (χ0n) is 7.08. The molecular formula is H6FNa2O4PV. The van der Waals surface area contributed by atoms with Gasteiger partial charge in [-0.3, -0.25) is 9.79 Å². The molecule has 0 spiro atoms. The normalized spacial score (nSPS) is 6.56. The first-order valence-electron chi connectivity index (χ1n) is 0.752. The summed E-state index contributed by atoms with van der Waals surface area (Å²) in [6.07, 6.45) is 0. The molecule has 0 rings (SSSR count). The van der Waals surface area contributed by atoms with Crippen molar-refractivity contribution >= 4 is 7.91 Å². The molecule has 0 aromatic rings. The second-order valence-electron chi connectivity index (χ2n) is 0.473. The maximum atomic E-state index is 10.4. The molecule has 1 radical (unpaired) electrons. The van der Waals surface area contributed by atoms with Gasteiger partial charge in [-0.05, 0) is 0 Å². The van der Waals surface area contributed by atoms with Crippen LogP contribution in [0.1, 0.15) is 2.85 Å². The third-order valence-corrected chi connectivity index (χ3v) is 0. The minimum atomic E-state index is -5.14. The summed E-state index contributed by atoms with van der Waals surface area (Å²) in [5, 5.41) is 0. The van der Waals surface area contributed by atoms with E-state index in [1.807, 2.05) is 0 Å². The standard InChI is InChI=1S/FH2O3P.2Na.H2O.V.2H/c1-5(2,3)4;;;;;;/h(H2,2,3,4);;;1H2;;;/q;2*+1;;;2*-1. The fourth-order valence-corrected chi connectivity index (χ4v) is 0. The first-order chi connectivity index (χ1) is 2.00. The van der Waals surface area contributed by atoms with Crippen LogP contribution in [0.2, 0.25) is 0 Å². The molecule has 49 valence electrons. The Morgan fingerprint density at radius 3 is 1.33 bits per heavy atom. The minimum absolute atomic E-state index is 0. The van der Waals surface area contributed by atoms with Crippen molar-refractivity contribution in [1.29, 1.82) is 0 Å². The molecule has 9 heavy (non-hydrogen) atoms.